The summed E-state index contributed by atoms with van der Waals surface area (Å²) in [5.74, 6) is 0.579. The normalized spacial score (nSPS) is 13.0. The Balaban J connectivity index is 1.96. The average molecular weight is 458 g/mol. The quantitative estimate of drug-likeness (QED) is 0.274. The fourth-order valence-electron chi connectivity index (χ4n) is 2.35. The van der Waals surface area contributed by atoms with Gasteiger partial charge in [-0.3, -0.25) is 4.52 Å². The van der Waals surface area contributed by atoms with Gasteiger partial charge in [-0.05, 0) is 29.8 Å². The van der Waals surface area contributed by atoms with E-state index in [1.807, 2.05) is 0 Å². The maximum Gasteiger partial charge on any atom is 0.588 e. The van der Waals surface area contributed by atoms with Gasteiger partial charge in [-0.1, -0.05) is 102 Å². The van der Waals surface area contributed by atoms with E-state index in [1.54, 1.807) is 91.0 Å². The fourth-order valence-corrected chi connectivity index (χ4v) is 4.47. The summed E-state index contributed by atoms with van der Waals surface area (Å²) < 4.78 is 28.5. The van der Waals surface area contributed by atoms with Crippen molar-refractivity contribution in [1.29, 1.82) is 0 Å². The van der Waals surface area contributed by atoms with E-state index in [2.05, 4.69) is 0 Å². The van der Waals surface area contributed by atoms with Crippen LogP contribution in [0.15, 0.2) is 91.0 Å². The monoisotopic (exact) mass is 456 g/mol. The molecule has 3 rings (SSSR count). The third-order valence-corrected chi connectivity index (χ3v) is 5.49. The van der Waals surface area contributed by atoms with Gasteiger partial charge in [0.25, 0.3) is 0 Å². The van der Waals surface area contributed by atoms with Gasteiger partial charge in [0.05, 0.1) is 0 Å². The zero-order chi connectivity index (χ0) is 20.0. The molecule has 0 saturated carbocycles. The highest BCUT2D eigenvalue weighted by molar-refractivity contribution is 7.49. The molecule has 3 aromatic rings. The van der Waals surface area contributed by atoms with Gasteiger partial charge in [-0.15, -0.1) is 0 Å². The Morgan fingerprint density at radius 2 is 1.07 bits per heavy atom. The molecule has 0 radical (unpaired) electrons. The van der Waals surface area contributed by atoms with E-state index in [4.69, 9.17) is 48.4 Å². The third kappa shape index (κ3) is 5.91. The Bertz CT molecular complexity index is 873. The minimum absolute atomic E-state index is 0.290. The second-order valence-electron chi connectivity index (χ2n) is 5.69. The molecule has 0 aliphatic rings. The molecule has 28 heavy (non-hydrogen) atoms. The second kappa shape index (κ2) is 9.21. The number of hydrogen-bond acceptors (Lipinski definition) is 4. The van der Waals surface area contributed by atoms with Crippen LogP contribution >= 0.6 is 42.6 Å². The molecule has 1 atom stereocenters. The first-order valence-electron chi connectivity index (χ1n) is 8.25. The summed E-state index contributed by atoms with van der Waals surface area (Å²) in [6.45, 7) is 0. The molecule has 0 bridgehead atoms. The van der Waals surface area contributed by atoms with Gasteiger partial charge < -0.3 is 9.05 Å². The van der Waals surface area contributed by atoms with E-state index in [9.17, 15) is 4.57 Å². The van der Waals surface area contributed by atoms with Gasteiger partial charge >= 0.3 is 7.82 Å². The zero-order valence-corrected chi connectivity index (χ0v) is 17.6. The fraction of sp³-hybridized carbons (Fsp3) is 0.100. The summed E-state index contributed by atoms with van der Waals surface area (Å²) in [7, 11) is -4.23. The smallest absolute Gasteiger partial charge is 0.395 e. The Morgan fingerprint density at radius 1 is 0.679 bits per heavy atom. The van der Waals surface area contributed by atoms with Gasteiger partial charge in [0.2, 0.25) is 3.79 Å². The van der Waals surface area contributed by atoms with Crippen LogP contribution in [0.3, 0.4) is 0 Å². The molecule has 8 heteroatoms. The molecule has 0 heterocycles. The molecule has 0 aromatic heterocycles. The summed E-state index contributed by atoms with van der Waals surface area (Å²) in [5.41, 5.74) is 0.510. The van der Waals surface area contributed by atoms with E-state index in [1.165, 1.54) is 0 Å². The lowest BCUT2D eigenvalue weighted by Crippen LogP contribution is -2.21. The van der Waals surface area contributed by atoms with Crippen LogP contribution in [0, 0.1) is 0 Å². The van der Waals surface area contributed by atoms with Gasteiger partial charge in [0.15, 0.2) is 0 Å². The largest absolute Gasteiger partial charge is 0.588 e. The highest BCUT2D eigenvalue weighted by atomic mass is 35.6. The molecular weight excluding hydrogens is 442 g/mol. The molecule has 0 aliphatic heterocycles. The molecule has 0 amide bonds. The number of benzene rings is 3. The lowest BCUT2D eigenvalue weighted by Gasteiger charge is -2.28. The molecule has 0 spiro atoms. The van der Waals surface area contributed by atoms with Crippen molar-refractivity contribution in [1.82, 2.24) is 0 Å². The lowest BCUT2D eigenvalue weighted by molar-refractivity contribution is 0.145. The number of phosphoric ester groups is 1. The van der Waals surface area contributed by atoms with E-state index in [-0.39, 0.29) is 11.5 Å². The van der Waals surface area contributed by atoms with Crippen LogP contribution < -0.4 is 9.05 Å². The summed E-state index contributed by atoms with van der Waals surface area (Å²) in [6, 6.07) is 25.7. The Labute approximate surface area is 178 Å². The third-order valence-electron chi connectivity index (χ3n) is 3.55. The van der Waals surface area contributed by atoms with Crippen molar-refractivity contribution in [3.05, 3.63) is 96.6 Å². The molecule has 0 N–H and O–H groups in total. The van der Waals surface area contributed by atoms with Crippen molar-refractivity contribution in [3.8, 4) is 11.5 Å². The van der Waals surface area contributed by atoms with Crippen LogP contribution in [0.2, 0.25) is 0 Å². The van der Waals surface area contributed by atoms with Crippen molar-refractivity contribution >= 4 is 42.6 Å². The molecule has 3 aromatic carbocycles. The van der Waals surface area contributed by atoms with Crippen molar-refractivity contribution in [2.45, 2.75) is 9.90 Å². The minimum atomic E-state index is -4.23. The summed E-state index contributed by atoms with van der Waals surface area (Å²) in [4.78, 5) is 0. The van der Waals surface area contributed by atoms with Gasteiger partial charge in [0.1, 0.15) is 17.6 Å². The first kappa shape index (κ1) is 21.0. The predicted molar refractivity (Wildman–Crippen MR) is 112 cm³/mol. The maximum atomic E-state index is 13.5. The predicted octanol–water partition coefficient (Wildman–Crippen LogP) is 7.38. The van der Waals surface area contributed by atoms with Crippen LogP contribution in [0.25, 0.3) is 0 Å². The number of alkyl halides is 3. The van der Waals surface area contributed by atoms with Gasteiger partial charge in [0, 0.05) is 0 Å². The van der Waals surface area contributed by atoms with Crippen LogP contribution in [-0.2, 0) is 9.09 Å². The summed E-state index contributed by atoms with van der Waals surface area (Å²) >= 11 is 18.4. The summed E-state index contributed by atoms with van der Waals surface area (Å²) in [6.07, 6.45) is -1.20. The number of phosphoric acid groups is 1. The number of halogens is 3. The molecular formula is C20H16Cl3O4P. The number of rotatable bonds is 7. The summed E-state index contributed by atoms with van der Waals surface area (Å²) in [5, 5.41) is 0. The molecule has 0 fully saturated rings. The molecule has 0 saturated heterocycles. The standard InChI is InChI=1S/C20H16Cl3O4P/c21-20(22,23)19(16-10-4-1-5-11-16)27-28(24,25-17-12-6-2-7-13-17)26-18-14-8-3-9-15-18/h1-15,19H/t19-/m0/s1. The lowest BCUT2D eigenvalue weighted by atomic mass is 10.1. The molecule has 0 aliphatic carbocycles. The number of para-hydroxylation sites is 2. The first-order chi connectivity index (χ1) is 13.4. The average Bonchev–Trinajstić information content (AvgIpc) is 2.67. The number of hydrogen-bond donors (Lipinski definition) is 0. The Hall–Kier alpha value is -1.68. The van der Waals surface area contributed by atoms with Crippen LogP contribution in [0.4, 0.5) is 0 Å². The topological polar surface area (TPSA) is 44.8 Å². The van der Waals surface area contributed by atoms with Crippen molar-refractivity contribution in [3.63, 3.8) is 0 Å². The Morgan fingerprint density at radius 3 is 1.46 bits per heavy atom. The van der Waals surface area contributed by atoms with Crippen LogP contribution in [-0.4, -0.2) is 3.79 Å². The minimum Gasteiger partial charge on any atom is -0.395 e. The molecule has 0 unspecified atom stereocenters. The second-order valence-corrected chi connectivity index (χ2v) is 9.53. The maximum absolute atomic E-state index is 13.5. The van der Waals surface area contributed by atoms with Crippen LogP contribution in [0.5, 0.6) is 11.5 Å². The van der Waals surface area contributed by atoms with Crippen LogP contribution in [0.1, 0.15) is 11.7 Å². The van der Waals surface area contributed by atoms with E-state index in [0.717, 1.165) is 0 Å². The van der Waals surface area contributed by atoms with Gasteiger partial charge in [-0.25, -0.2) is 4.57 Å². The Kier molecular flexibility index (Phi) is 6.92. The molecule has 4 nitrogen and oxygen atoms in total. The van der Waals surface area contributed by atoms with Crippen molar-refractivity contribution in [2.75, 3.05) is 0 Å². The molecule has 146 valence electrons. The van der Waals surface area contributed by atoms with E-state index in [0.29, 0.717) is 5.56 Å². The zero-order valence-electron chi connectivity index (χ0n) is 14.5. The SMILES string of the molecule is O=P(Oc1ccccc1)(Oc1ccccc1)O[C@@H](c1ccccc1)C(Cl)(Cl)Cl. The highest BCUT2D eigenvalue weighted by Gasteiger charge is 2.44. The van der Waals surface area contributed by atoms with Crippen molar-refractivity contribution < 1.29 is 18.1 Å². The van der Waals surface area contributed by atoms with Crippen molar-refractivity contribution in [2.24, 2.45) is 0 Å². The van der Waals surface area contributed by atoms with E-state index < -0.39 is 17.7 Å². The van der Waals surface area contributed by atoms with E-state index >= 15 is 0 Å². The first-order valence-corrected chi connectivity index (χ1v) is 10.8. The van der Waals surface area contributed by atoms with Gasteiger partial charge in [-0.2, -0.15) is 0 Å². The highest BCUT2D eigenvalue weighted by Crippen LogP contribution is 2.57.